The van der Waals surface area contributed by atoms with E-state index in [4.69, 9.17) is 5.11 Å². The molecule has 1 aliphatic heterocycles. The third-order valence-corrected chi connectivity index (χ3v) is 2.11. The molecule has 2 atom stereocenters. The summed E-state index contributed by atoms with van der Waals surface area (Å²) in [6.45, 7) is 1.11. The van der Waals surface area contributed by atoms with Crippen LogP contribution in [0.15, 0.2) is 24.3 Å². The van der Waals surface area contributed by atoms with E-state index in [0.29, 0.717) is 11.8 Å². The number of nitrogens with zero attached hydrogens (tertiary/aromatic N) is 1. The predicted octanol–water partition coefficient (Wildman–Crippen LogP) is 1.38. The average molecular weight is 149 g/mol. The fourth-order valence-corrected chi connectivity index (χ4v) is 1.32. The van der Waals surface area contributed by atoms with E-state index in [9.17, 15) is 0 Å². The Balaban J connectivity index is 2.25. The van der Waals surface area contributed by atoms with Crippen molar-refractivity contribution in [1.82, 2.24) is 4.90 Å². The molecule has 1 saturated heterocycles. The molecule has 2 nitrogen and oxygen atoms in total. The first-order valence-corrected chi connectivity index (χ1v) is 3.76. The van der Waals surface area contributed by atoms with Gasteiger partial charge in [0.15, 0.2) is 0 Å². The van der Waals surface area contributed by atoms with Crippen molar-refractivity contribution < 1.29 is 5.11 Å². The maximum absolute atomic E-state index is 9.16. The zero-order chi connectivity index (χ0) is 7.84. The molecule has 1 N–H and O–H groups in total. The SMILES string of the molecule is CN1CC1c1cccc(O)c1. The van der Waals surface area contributed by atoms with Crippen LogP contribution in [0.25, 0.3) is 0 Å². The van der Waals surface area contributed by atoms with Crippen LogP contribution in [0.2, 0.25) is 0 Å². The highest BCUT2D eigenvalue weighted by atomic mass is 16.3. The first kappa shape index (κ1) is 6.68. The number of aromatic hydroxyl groups is 1. The molecule has 1 aliphatic rings. The molecule has 0 aromatic heterocycles. The molecule has 1 heterocycles. The molecule has 0 bridgehead atoms. The van der Waals surface area contributed by atoms with Crippen molar-refractivity contribution in [3.05, 3.63) is 29.8 Å². The number of likely N-dealkylation sites (N-methyl/N-ethyl adjacent to an activating group) is 1. The van der Waals surface area contributed by atoms with Gasteiger partial charge in [0.1, 0.15) is 5.75 Å². The zero-order valence-electron chi connectivity index (χ0n) is 6.49. The second-order valence-electron chi connectivity index (χ2n) is 3.05. The van der Waals surface area contributed by atoms with Gasteiger partial charge >= 0.3 is 0 Å². The predicted molar refractivity (Wildman–Crippen MR) is 43.5 cm³/mol. The van der Waals surface area contributed by atoms with E-state index in [2.05, 4.69) is 11.9 Å². The quantitative estimate of drug-likeness (QED) is 0.610. The topological polar surface area (TPSA) is 23.2 Å². The van der Waals surface area contributed by atoms with Crippen molar-refractivity contribution in [3.8, 4) is 5.75 Å². The summed E-state index contributed by atoms with van der Waals surface area (Å²) in [5, 5.41) is 9.16. The average Bonchev–Trinajstić information content (AvgIpc) is 2.67. The minimum atomic E-state index is 0.364. The van der Waals surface area contributed by atoms with Crippen LogP contribution in [0.1, 0.15) is 11.6 Å². The Morgan fingerprint density at radius 2 is 2.27 bits per heavy atom. The van der Waals surface area contributed by atoms with Crippen molar-refractivity contribution in [2.24, 2.45) is 0 Å². The number of hydrogen-bond acceptors (Lipinski definition) is 2. The van der Waals surface area contributed by atoms with Gasteiger partial charge in [-0.3, -0.25) is 4.90 Å². The minimum Gasteiger partial charge on any atom is -0.508 e. The molecule has 0 amide bonds. The molecule has 0 saturated carbocycles. The van der Waals surface area contributed by atoms with Gasteiger partial charge in [-0.05, 0) is 24.7 Å². The minimum absolute atomic E-state index is 0.364. The molecular formula is C9H11NO. The van der Waals surface area contributed by atoms with Gasteiger partial charge in [0.05, 0.1) is 0 Å². The van der Waals surface area contributed by atoms with Crippen molar-refractivity contribution in [2.45, 2.75) is 6.04 Å². The molecule has 1 aromatic carbocycles. The van der Waals surface area contributed by atoms with Crippen molar-refractivity contribution in [3.63, 3.8) is 0 Å². The summed E-state index contributed by atoms with van der Waals surface area (Å²) in [7, 11) is 2.08. The molecule has 1 fully saturated rings. The molecule has 0 radical (unpaired) electrons. The van der Waals surface area contributed by atoms with Crippen molar-refractivity contribution in [1.29, 1.82) is 0 Å². The van der Waals surface area contributed by atoms with Gasteiger partial charge in [-0.2, -0.15) is 0 Å². The van der Waals surface area contributed by atoms with Crippen LogP contribution >= 0.6 is 0 Å². The molecule has 0 spiro atoms. The summed E-state index contributed by atoms with van der Waals surface area (Å²) in [4.78, 5) is 2.23. The summed E-state index contributed by atoms with van der Waals surface area (Å²) in [6, 6.07) is 8.01. The summed E-state index contributed by atoms with van der Waals surface area (Å²) < 4.78 is 0. The highest BCUT2D eigenvalue weighted by Gasteiger charge is 2.30. The third kappa shape index (κ3) is 1.21. The van der Waals surface area contributed by atoms with Gasteiger partial charge in [0.2, 0.25) is 0 Å². The standard InChI is InChI=1S/C9H11NO/c1-10-6-9(10)7-3-2-4-8(11)5-7/h2-5,9,11H,6H2,1H3. The van der Waals surface area contributed by atoms with Gasteiger partial charge in [-0.25, -0.2) is 0 Å². The fraction of sp³-hybridized carbons (Fsp3) is 0.333. The van der Waals surface area contributed by atoms with Crippen LogP contribution in [0.4, 0.5) is 0 Å². The lowest BCUT2D eigenvalue weighted by atomic mass is 10.1. The van der Waals surface area contributed by atoms with Crippen LogP contribution in [0.3, 0.4) is 0 Å². The zero-order valence-corrected chi connectivity index (χ0v) is 6.49. The van der Waals surface area contributed by atoms with Gasteiger partial charge in [-0.15, -0.1) is 0 Å². The summed E-state index contributed by atoms with van der Waals surface area (Å²) >= 11 is 0. The van der Waals surface area contributed by atoms with E-state index >= 15 is 0 Å². The Morgan fingerprint density at radius 1 is 1.55 bits per heavy atom. The molecule has 11 heavy (non-hydrogen) atoms. The van der Waals surface area contributed by atoms with Crippen LogP contribution in [0, 0.1) is 0 Å². The lowest BCUT2D eigenvalue weighted by Crippen LogP contribution is -1.86. The lowest BCUT2D eigenvalue weighted by molar-refractivity contribution is 0.474. The highest BCUT2D eigenvalue weighted by Crippen LogP contribution is 2.33. The summed E-state index contributed by atoms with van der Waals surface area (Å²) in [6.07, 6.45) is 0. The monoisotopic (exact) mass is 149 g/mol. The maximum Gasteiger partial charge on any atom is 0.115 e. The maximum atomic E-state index is 9.16. The van der Waals surface area contributed by atoms with E-state index in [1.165, 1.54) is 5.56 Å². The molecule has 2 unspecified atom stereocenters. The Labute approximate surface area is 66.1 Å². The van der Waals surface area contributed by atoms with Gasteiger partial charge in [-0.1, -0.05) is 12.1 Å². The first-order chi connectivity index (χ1) is 5.27. The Bertz CT molecular complexity index is 272. The normalized spacial score (nSPS) is 28.5. The Hall–Kier alpha value is -1.02. The van der Waals surface area contributed by atoms with Crippen LogP contribution in [0.5, 0.6) is 5.75 Å². The van der Waals surface area contributed by atoms with Crippen LogP contribution < -0.4 is 0 Å². The van der Waals surface area contributed by atoms with E-state index < -0.39 is 0 Å². The summed E-state index contributed by atoms with van der Waals surface area (Å²) in [5.41, 5.74) is 1.22. The van der Waals surface area contributed by atoms with Crippen molar-refractivity contribution in [2.75, 3.05) is 13.6 Å². The highest BCUT2D eigenvalue weighted by molar-refractivity contribution is 5.31. The molecule has 0 aliphatic carbocycles. The van der Waals surface area contributed by atoms with E-state index in [1.54, 1.807) is 6.07 Å². The number of phenols is 1. The van der Waals surface area contributed by atoms with E-state index in [0.717, 1.165) is 6.54 Å². The molecule has 1 aromatic rings. The summed E-state index contributed by atoms with van der Waals surface area (Å²) in [5.74, 6) is 0.364. The van der Waals surface area contributed by atoms with Crippen LogP contribution in [-0.2, 0) is 0 Å². The second kappa shape index (κ2) is 2.24. The number of phenolic OH excluding ortho intramolecular Hbond substituents is 1. The molecule has 58 valence electrons. The van der Waals surface area contributed by atoms with Crippen LogP contribution in [-0.4, -0.2) is 23.6 Å². The van der Waals surface area contributed by atoms with Crippen molar-refractivity contribution >= 4 is 0 Å². The Morgan fingerprint density at radius 3 is 2.82 bits per heavy atom. The van der Waals surface area contributed by atoms with Gasteiger partial charge in [0.25, 0.3) is 0 Å². The van der Waals surface area contributed by atoms with Gasteiger partial charge in [0, 0.05) is 12.6 Å². The molecular weight excluding hydrogens is 138 g/mol. The Kier molecular flexibility index (Phi) is 1.36. The molecule has 2 heteroatoms. The molecule has 2 rings (SSSR count). The van der Waals surface area contributed by atoms with E-state index in [-0.39, 0.29) is 0 Å². The lowest BCUT2D eigenvalue weighted by Gasteiger charge is -1.98. The van der Waals surface area contributed by atoms with E-state index in [1.807, 2.05) is 18.2 Å². The number of hydrogen-bond donors (Lipinski definition) is 1. The largest absolute Gasteiger partial charge is 0.508 e. The third-order valence-electron chi connectivity index (χ3n) is 2.11. The number of rotatable bonds is 1. The second-order valence-corrected chi connectivity index (χ2v) is 3.05. The first-order valence-electron chi connectivity index (χ1n) is 3.76. The smallest absolute Gasteiger partial charge is 0.115 e. The fourth-order valence-electron chi connectivity index (χ4n) is 1.32. The number of benzene rings is 1. The van der Waals surface area contributed by atoms with Gasteiger partial charge < -0.3 is 5.11 Å².